The van der Waals surface area contributed by atoms with Gasteiger partial charge in [0.15, 0.2) is 0 Å². The van der Waals surface area contributed by atoms with Crippen molar-refractivity contribution in [2.75, 3.05) is 20.8 Å². The largest absolute Gasteiger partial charge is 0.496 e. The van der Waals surface area contributed by atoms with Crippen molar-refractivity contribution in [1.82, 2.24) is 5.32 Å². The van der Waals surface area contributed by atoms with Gasteiger partial charge in [-0.25, -0.2) is 0 Å². The van der Waals surface area contributed by atoms with Crippen molar-refractivity contribution in [3.05, 3.63) is 51.2 Å². The average molecular weight is 326 g/mol. The van der Waals surface area contributed by atoms with Gasteiger partial charge in [0.25, 0.3) is 5.91 Å². The lowest BCUT2D eigenvalue weighted by atomic mass is 10.1. The molecule has 0 aliphatic heterocycles. The summed E-state index contributed by atoms with van der Waals surface area (Å²) < 4.78 is 10.6. The van der Waals surface area contributed by atoms with Crippen LogP contribution < -0.4 is 10.1 Å². The molecule has 0 saturated carbocycles. The van der Waals surface area contributed by atoms with Crippen LogP contribution >= 0.6 is 22.9 Å². The van der Waals surface area contributed by atoms with Gasteiger partial charge < -0.3 is 14.8 Å². The van der Waals surface area contributed by atoms with E-state index in [-0.39, 0.29) is 12.0 Å². The first kappa shape index (κ1) is 15.8. The van der Waals surface area contributed by atoms with Crippen LogP contribution in [-0.2, 0) is 4.74 Å². The molecule has 2 rings (SSSR count). The Morgan fingerprint density at radius 3 is 2.81 bits per heavy atom. The normalized spacial score (nSPS) is 12.0. The van der Waals surface area contributed by atoms with Crippen molar-refractivity contribution in [2.45, 2.75) is 6.10 Å². The summed E-state index contributed by atoms with van der Waals surface area (Å²) in [6, 6.07) is 6.91. The smallest absolute Gasteiger partial charge is 0.255 e. The Morgan fingerprint density at radius 2 is 2.19 bits per heavy atom. The lowest BCUT2D eigenvalue weighted by molar-refractivity contribution is 0.0827. The van der Waals surface area contributed by atoms with Gasteiger partial charge in [0.05, 0.1) is 12.7 Å². The number of ether oxygens (including phenoxy) is 2. The van der Waals surface area contributed by atoms with Crippen molar-refractivity contribution < 1.29 is 14.3 Å². The van der Waals surface area contributed by atoms with Gasteiger partial charge in [-0.15, -0.1) is 0 Å². The zero-order chi connectivity index (χ0) is 15.2. The number of methoxy groups -OCH3 is 2. The molecule has 21 heavy (non-hydrogen) atoms. The van der Waals surface area contributed by atoms with Crippen LogP contribution in [0.3, 0.4) is 0 Å². The Bertz CT molecular complexity index is 601. The highest BCUT2D eigenvalue weighted by Crippen LogP contribution is 2.23. The van der Waals surface area contributed by atoms with Gasteiger partial charge in [0.2, 0.25) is 0 Å². The summed E-state index contributed by atoms with van der Waals surface area (Å²) >= 11 is 7.52. The first-order valence-corrected chi connectivity index (χ1v) is 7.64. The molecule has 0 radical (unpaired) electrons. The fourth-order valence-corrected chi connectivity index (χ4v) is 2.81. The van der Waals surface area contributed by atoms with Crippen LogP contribution in [0.2, 0.25) is 5.02 Å². The number of halogens is 1. The average Bonchev–Trinajstić information content (AvgIpc) is 3.02. The fraction of sp³-hybridized carbons (Fsp3) is 0.267. The molecular formula is C15H16ClNO3S. The maximum Gasteiger partial charge on any atom is 0.255 e. The molecule has 0 bridgehead atoms. The van der Waals surface area contributed by atoms with Crippen LogP contribution in [0.15, 0.2) is 35.0 Å². The van der Waals surface area contributed by atoms with Crippen molar-refractivity contribution >= 4 is 28.8 Å². The number of thiophene rings is 1. The second kappa shape index (κ2) is 7.45. The Hall–Kier alpha value is -1.56. The van der Waals surface area contributed by atoms with E-state index in [9.17, 15) is 4.79 Å². The van der Waals surface area contributed by atoms with Crippen LogP contribution in [-0.4, -0.2) is 26.7 Å². The number of benzene rings is 1. The molecule has 0 aliphatic rings. The van der Waals surface area contributed by atoms with E-state index >= 15 is 0 Å². The number of hydrogen-bond acceptors (Lipinski definition) is 4. The Kier molecular flexibility index (Phi) is 5.61. The molecule has 0 aliphatic carbocycles. The lowest BCUT2D eigenvalue weighted by Crippen LogP contribution is -2.29. The summed E-state index contributed by atoms with van der Waals surface area (Å²) in [4.78, 5) is 12.3. The molecule has 112 valence electrons. The summed E-state index contributed by atoms with van der Waals surface area (Å²) in [7, 11) is 3.14. The van der Waals surface area contributed by atoms with E-state index in [1.165, 1.54) is 7.11 Å². The van der Waals surface area contributed by atoms with Crippen LogP contribution in [0.5, 0.6) is 5.75 Å². The van der Waals surface area contributed by atoms with Crippen LogP contribution in [0, 0.1) is 0 Å². The van der Waals surface area contributed by atoms with Crippen LogP contribution in [0.1, 0.15) is 22.0 Å². The third kappa shape index (κ3) is 3.97. The van der Waals surface area contributed by atoms with Gasteiger partial charge in [-0.2, -0.15) is 11.3 Å². The van der Waals surface area contributed by atoms with E-state index in [1.54, 1.807) is 36.6 Å². The third-order valence-corrected chi connectivity index (χ3v) is 3.99. The highest BCUT2D eigenvalue weighted by atomic mass is 35.5. The quantitative estimate of drug-likeness (QED) is 0.884. The van der Waals surface area contributed by atoms with Gasteiger partial charge in [0, 0.05) is 18.7 Å². The number of hydrogen-bond donors (Lipinski definition) is 1. The Morgan fingerprint density at radius 1 is 1.38 bits per heavy atom. The second-order valence-electron chi connectivity index (χ2n) is 4.34. The molecule has 6 heteroatoms. The molecule has 1 unspecified atom stereocenters. The monoisotopic (exact) mass is 325 g/mol. The van der Waals surface area contributed by atoms with Crippen LogP contribution in [0.4, 0.5) is 0 Å². The predicted octanol–water partition coefficient (Wildman–Crippen LogP) is 3.53. The summed E-state index contributed by atoms with van der Waals surface area (Å²) in [5.41, 5.74) is 1.45. The van der Waals surface area contributed by atoms with E-state index in [4.69, 9.17) is 21.1 Å². The van der Waals surface area contributed by atoms with Crippen molar-refractivity contribution in [3.63, 3.8) is 0 Å². The summed E-state index contributed by atoms with van der Waals surface area (Å²) in [6.07, 6.45) is -0.176. The molecule has 1 aromatic carbocycles. The minimum Gasteiger partial charge on any atom is -0.496 e. The molecule has 0 saturated heterocycles. The molecular weight excluding hydrogens is 310 g/mol. The molecule has 0 spiro atoms. The summed E-state index contributed by atoms with van der Waals surface area (Å²) in [5.74, 6) is 0.244. The number of rotatable bonds is 6. The fourth-order valence-electron chi connectivity index (χ4n) is 1.93. The van der Waals surface area contributed by atoms with Gasteiger partial charge in [-0.05, 0) is 40.6 Å². The van der Waals surface area contributed by atoms with E-state index in [1.807, 2.05) is 16.8 Å². The molecule has 1 aromatic heterocycles. The SMILES string of the molecule is COc1ccc(Cl)cc1C(=O)NCC(OC)c1ccsc1. The number of nitrogens with one attached hydrogen (secondary N) is 1. The lowest BCUT2D eigenvalue weighted by Gasteiger charge is -2.16. The first-order valence-electron chi connectivity index (χ1n) is 6.32. The van der Waals surface area contributed by atoms with Gasteiger partial charge >= 0.3 is 0 Å². The molecule has 2 aromatic rings. The van der Waals surface area contributed by atoms with E-state index < -0.39 is 0 Å². The number of carbonyl (C=O) groups is 1. The van der Waals surface area contributed by atoms with E-state index in [2.05, 4.69) is 5.32 Å². The molecule has 1 N–H and O–H groups in total. The maximum atomic E-state index is 12.3. The Labute approximate surface area is 132 Å². The number of carbonyl (C=O) groups excluding carboxylic acids is 1. The minimum atomic E-state index is -0.244. The highest BCUT2D eigenvalue weighted by molar-refractivity contribution is 7.07. The van der Waals surface area contributed by atoms with Gasteiger partial charge in [0.1, 0.15) is 11.9 Å². The molecule has 4 nitrogen and oxygen atoms in total. The van der Waals surface area contributed by atoms with Crippen molar-refractivity contribution in [1.29, 1.82) is 0 Å². The predicted molar refractivity (Wildman–Crippen MR) is 84.4 cm³/mol. The first-order chi connectivity index (χ1) is 10.2. The minimum absolute atomic E-state index is 0.176. The standard InChI is InChI=1S/C15H16ClNO3S/c1-19-13-4-3-11(16)7-12(13)15(18)17-8-14(20-2)10-5-6-21-9-10/h3-7,9,14H,8H2,1-2H3,(H,17,18). The van der Waals surface area contributed by atoms with Crippen molar-refractivity contribution in [3.8, 4) is 5.75 Å². The van der Waals surface area contributed by atoms with Crippen molar-refractivity contribution in [2.24, 2.45) is 0 Å². The summed E-state index contributed by atoms with van der Waals surface area (Å²) in [5, 5.41) is 7.31. The van der Waals surface area contributed by atoms with Gasteiger partial charge in [-0.3, -0.25) is 4.79 Å². The maximum absolute atomic E-state index is 12.3. The van der Waals surface area contributed by atoms with E-state index in [0.717, 1.165) is 5.56 Å². The molecule has 1 atom stereocenters. The Balaban J connectivity index is 2.06. The molecule has 1 amide bonds. The zero-order valence-corrected chi connectivity index (χ0v) is 13.3. The summed E-state index contributed by atoms with van der Waals surface area (Å²) in [6.45, 7) is 0.377. The molecule has 1 heterocycles. The second-order valence-corrected chi connectivity index (χ2v) is 5.55. The molecule has 0 fully saturated rings. The number of amides is 1. The van der Waals surface area contributed by atoms with Crippen LogP contribution in [0.25, 0.3) is 0 Å². The van der Waals surface area contributed by atoms with Gasteiger partial charge in [-0.1, -0.05) is 11.6 Å². The topological polar surface area (TPSA) is 47.6 Å². The highest BCUT2D eigenvalue weighted by Gasteiger charge is 2.16. The third-order valence-electron chi connectivity index (χ3n) is 3.05. The zero-order valence-electron chi connectivity index (χ0n) is 11.8. The van der Waals surface area contributed by atoms with E-state index in [0.29, 0.717) is 22.9 Å².